The lowest BCUT2D eigenvalue weighted by molar-refractivity contribution is -0.152. The Morgan fingerprint density at radius 1 is 1.20 bits per heavy atom. The maximum atomic E-state index is 11.1. The van der Waals surface area contributed by atoms with Crippen molar-refractivity contribution in [1.82, 2.24) is 0 Å². The average Bonchev–Trinajstić information content (AvgIpc) is 2.56. The van der Waals surface area contributed by atoms with Gasteiger partial charge >= 0.3 is 11.9 Å². The molecule has 0 bridgehead atoms. The summed E-state index contributed by atoms with van der Waals surface area (Å²) in [4.78, 5) is 21.9. The van der Waals surface area contributed by atoms with Gasteiger partial charge in [0.1, 0.15) is 0 Å². The molecule has 1 fully saturated rings. The van der Waals surface area contributed by atoms with Gasteiger partial charge in [-0.1, -0.05) is 42.5 Å². The van der Waals surface area contributed by atoms with Crippen LogP contribution in [0.3, 0.4) is 0 Å². The Morgan fingerprint density at radius 2 is 1.93 bits per heavy atom. The highest BCUT2D eigenvalue weighted by atomic mass is 16.6. The Bertz CT molecular complexity index is 406. The van der Waals surface area contributed by atoms with Gasteiger partial charge in [0.05, 0.1) is 12.3 Å². The predicted molar refractivity (Wildman–Crippen MR) is 54.7 cm³/mol. The third-order valence-corrected chi connectivity index (χ3v) is 2.22. The Labute approximate surface area is 87.4 Å². The first-order valence-electron chi connectivity index (χ1n) is 4.73. The van der Waals surface area contributed by atoms with E-state index in [9.17, 15) is 9.59 Å². The van der Waals surface area contributed by atoms with Crippen LogP contribution in [0.25, 0.3) is 6.08 Å². The first kappa shape index (κ1) is 9.65. The fraction of sp³-hybridized carbons (Fsp3) is 0.167. The number of ether oxygens (including phenoxy) is 1. The van der Waals surface area contributed by atoms with Crippen molar-refractivity contribution in [3.05, 3.63) is 42.0 Å². The Hall–Kier alpha value is -1.90. The van der Waals surface area contributed by atoms with Gasteiger partial charge in [0.15, 0.2) is 0 Å². The Morgan fingerprint density at radius 3 is 2.53 bits per heavy atom. The largest absolute Gasteiger partial charge is 0.393 e. The number of esters is 2. The summed E-state index contributed by atoms with van der Waals surface area (Å²) in [6, 6.07) is 9.61. The van der Waals surface area contributed by atoms with Crippen LogP contribution in [0.5, 0.6) is 0 Å². The van der Waals surface area contributed by atoms with Crippen LogP contribution in [0.1, 0.15) is 12.0 Å². The lowest BCUT2D eigenvalue weighted by atomic mass is 10.1. The molecular formula is C12H10O3. The second-order valence-corrected chi connectivity index (χ2v) is 3.37. The third-order valence-electron chi connectivity index (χ3n) is 2.22. The Kier molecular flexibility index (Phi) is 2.63. The number of hydrogen-bond donors (Lipinski definition) is 0. The topological polar surface area (TPSA) is 43.4 Å². The molecule has 0 spiro atoms. The highest BCUT2D eigenvalue weighted by molar-refractivity contribution is 5.96. The molecule has 1 aromatic rings. The molecule has 0 radical (unpaired) electrons. The molecule has 1 unspecified atom stereocenters. The molecular weight excluding hydrogens is 192 g/mol. The molecule has 76 valence electrons. The van der Waals surface area contributed by atoms with Crippen molar-refractivity contribution in [2.75, 3.05) is 0 Å². The Balaban J connectivity index is 2.06. The van der Waals surface area contributed by atoms with Crippen LogP contribution in [0.15, 0.2) is 36.4 Å². The summed E-state index contributed by atoms with van der Waals surface area (Å²) in [5.74, 6) is -1.31. The van der Waals surface area contributed by atoms with Crippen molar-refractivity contribution in [3.63, 3.8) is 0 Å². The van der Waals surface area contributed by atoms with Gasteiger partial charge in [-0.3, -0.25) is 9.59 Å². The zero-order chi connectivity index (χ0) is 10.7. The smallest absolute Gasteiger partial charge is 0.321 e. The van der Waals surface area contributed by atoms with Gasteiger partial charge in [-0.25, -0.2) is 0 Å². The van der Waals surface area contributed by atoms with E-state index < -0.39 is 17.9 Å². The molecule has 1 atom stereocenters. The maximum absolute atomic E-state index is 11.1. The average molecular weight is 202 g/mol. The maximum Gasteiger partial charge on any atom is 0.321 e. The molecule has 2 rings (SSSR count). The second kappa shape index (κ2) is 4.09. The summed E-state index contributed by atoms with van der Waals surface area (Å²) in [6.07, 6.45) is 3.69. The van der Waals surface area contributed by atoms with Gasteiger partial charge in [-0.05, 0) is 5.56 Å². The van der Waals surface area contributed by atoms with E-state index in [0.717, 1.165) is 5.56 Å². The molecule has 0 saturated carbocycles. The van der Waals surface area contributed by atoms with E-state index in [0.29, 0.717) is 0 Å². The van der Waals surface area contributed by atoms with E-state index in [-0.39, 0.29) is 6.42 Å². The molecule has 0 N–H and O–H groups in total. The summed E-state index contributed by atoms with van der Waals surface area (Å²) >= 11 is 0. The van der Waals surface area contributed by atoms with Crippen LogP contribution in [0.4, 0.5) is 0 Å². The number of rotatable bonds is 2. The standard InChI is InChI=1S/C12H10O3/c13-11-8-10(12(14)15-11)7-6-9-4-2-1-3-5-9/h1-7,10H,8H2/b7-6+. The summed E-state index contributed by atoms with van der Waals surface area (Å²) in [7, 11) is 0. The minimum Gasteiger partial charge on any atom is -0.393 e. The highest BCUT2D eigenvalue weighted by Gasteiger charge is 2.30. The summed E-state index contributed by atoms with van der Waals surface area (Å²) in [5.41, 5.74) is 1.00. The first-order chi connectivity index (χ1) is 7.25. The zero-order valence-electron chi connectivity index (χ0n) is 8.05. The molecule has 3 heteroatoms. The van der Waals surface area contributed by atoms with Gasteiger partial charge in [0.25, 0.3) is 0 Å². The third kappa shape index (κ3) is 2.31. The van der Waals surface area contributed by atoms with Crippen LogP contribution >= 0.6 is 0 Å². The number of carbonyl (C=O) groups excluding carboxylic acids is 2. The van der Waals surface area contributed by atoms with Gasteiger partial charge in [0, 0.05) is 0 Å². The molecule has 1 heterocycles. The number of cyclic esters (lactones) is 2. The van der Waals surface area contributed by atoms with E-state index in [4.69, 9.17) is 0 Å². The molecule has 0 aromatic heterocycles. The van der Waals surface area contributed by atoms with Gasteiger partial charge < -0.3 is 4.74 Å². The monoisotopic (exact) mass is 202 g/mol. The molecule has 3 nitrogen and oxygen atoms in total. The van der Waals surface area contributed by atoms with Crippen LogP contribution in [0, 0.1) is 5.92 Å². The molecule has 1 aromatic carbocycles. The van der Waals surface area contributed by atoms with Crippen LogP contribution in [-0.4, -0.2) is 11.9 Å². The molecule has 15 heavy (non-hydrogen) atoms. The first-order valence-corrected chi connectivity index (χ1v) is 4.73. The molecule has 0 aliphatic carbocycles. The normalized spacial score (nSPS) is 20.9. The fourth-order valence-electron chi connectivity index (χ4n) is 1.43. The van der Waals surface area contributed by atoms with E-state index >= 15 is 0 Å². The van der Waals surface area contributed by atoms with Gasteiger partial charge in [-0.15, -0.1) is 0 Å². The van der Waals surface area contributed by atoms with Gasteiger partial charge in [0.2, 0.25) is 0 Å². The van der Waals surface area contributed by atoms with Crippen molar-refractivity contribution in [2.45, 2.75) is 6.42 Å². The summed E-state index contributed by atoms with van der Waals surface area (Å²) in [5, 5.41) is 0. The highest BCUT2D eigenvalue weighted by Crippen LogP contribution is 2.18. The molecule has 1 saturated heterocycles. The minimum absolute atomic E-state index is 0.155. The fourth-order valence-corrected chi connectivity index (χ4v) is 1.43. The van der Waals surface area contributed by atoms with E-state index in [1.54, 1.807) is 6.08 Å². The lowest BCUT2D eigenvalue weighted by Gasteiger charge is -1.95. The van der Waals surface area contributed by atoms with Crippen LogP contribution < -0.4 is 0 Å². The van der Waals surface area contributed by atoms with Crippen molar-refractivity contribution in [2.24, 2.45) is 5.92 Å². The molecule has 1 aliphatic heterocycles. The van der Waals surface area contributed by atoms with Crippen molar-refractivity contribution >= 4 is 18.0 Å². The predicted octanol–water partition coefficient (Wildman–Crippen LogP) is 1.79. The van der Waals surface area contributed by atoms with Crippen molar-refractivity contribution in [3.8, 4) is 0 Å². The van der Waals surface area contributed by atoms with E-state index in [1.807, 2.05) is 36.4 Å². The summed E-state index contributed by atoms with van der Waals surface area (Å²) < 4.78 is 4.43. The van der Waals surface area contributed by atoms with Gasteiger partial charge in [-0.2, -0.15) is 0 Å². The van der Waals surface area contributed by atoms with Crippen LogP contribution in [0.2, 0.25) is 0 Å². The SMILES string of the molecule is O=C1CC(/C=C/c2ccccc2)C(=O)O1. The lowest BCUT2D eigenvalue weighted by Crippen LogP contribution is -2.03. The van der Waals surface area contributed by atoms with E-state index in [1.165, 1.54) is 0 Å². The van der Waals surface area contributed by atoms with Crippen molar-refractivity contribution in [1.29, 1.82) is 0 Å². The second-order valence-electron chi connectivity index (χ2n) is 3.37. The zero-order valence-corrected chi connectivity index (χ0v) is 8.05. The van der Waals surface area contributed by atoms with Crippen LogP contribution in [-0.2, 0) is 14.3 Å². The number of hydrogen-bond acceptors (Lipinski definition) is 3. The summed E-state index contributed by atoms with van der Waals surface area (Å²) in [6.45, 7) is 0. The van der Waals surface area contributed by atoms with Crippen molar-refractivity contribution < 1.29 is 14.3 Å². The van der Waals surface area contributed by atoms with E-state index in [2.05, 4.69) is 4.74 Å². The quantitative estimate of drug-likeness (QED) is 0.542. The molecule has 0 amide bonds. The number of carbonyl (C=O) groups is 2. The number of benzene rings is 1. The molecule has 1 aliphatic rings. The minimum atomic E-state index is -0.452.